The second-order valence-electron chi connectivity index (χ2n) is 5.89. The van der Waals surface area contributed by atoms with Crippen molar-refractivity contribution in [3.63, 3.8) is 0 Å². The highest BCUT2D eigenvalue weighted by molar-refractivity contribution is 7.89. The lowest BCUT2D eigenvalue weighted by Crippen LogP contribution is -2.47. The van der Waals surface area contributed by atoms with Crippen molar-refractivity contribution in [1.82, 2.24) is 4.90 Å². The summed E-state index contributed by atoms with van der Waals surface area (Å²) < 4.78 is 22.8. The van der Waals surface area contributed by atoms with E-state index in [1.54, 1.807) is 17.9 Å². The number of piperidine rings is 1. The van der Waals surface area contributed by atoms with Crippen LogP contribution in [0.2, 0.25) is 0 Å². The normalized spacial score (nSPS) is 19.0. The first-order valence-electron chi connectivity index (χ1n) is 7.58. The molecule has 1 saturated heterocycles. The van der Waals surface area contributed by atoms with E-state index in [0.29, 0.717) is 24.2 Å². The first kappa shape index (κ1) is 18.4. The van der Waals surface area contributed by atoms with Crippen LogP contribution >= 0.6 is 0 Å². The first-order valence-corrected chi connectivity index (χ1v) is 9.13. The fourth-order valence-electron chi connectivity index (χ4n) is 2.75. The summed E-state index contributed by atoms with van der Waals surface area (Å²) in [7, 11) is -3.86. The second kappa shape index (κ2) is 7.29. The summed E-state index contributed by atoms with van der Waals surface area (Å²) in [5, 5.41) is 17.0. The zero-order chi connectivity index (χ0) is 17.9. The third-order valence-electron chi connectivity index (χ3n) is 4.06. The number of aliphatic carboxylic acids is 1. The summed E-state index contributed by atoms with van der Waals surface area (Å²) in [6.07, 6.45) is 2.18. The van der Waals surface area contributed by atoms with Crippen LogP contribution < -0.4 is 10.5 Å². The van der Waals surface area contributed by atoms with Crippen molar-refractivity contribution in [2.45, 2.75) is 37.1 Å². The van der Waals surface area contributed by atoms with E-state index < -0.39 is 27.9 Å². The topological polar surface area (TPSA) is 130 Å². The minimum atomic E-state index is -3.86. The Hall–Kier alpha value is -1.97. The average Bonchev–Trinajstić information content (AvgIpc) is 2.48. The van der Waals surface area contributed by atoms with Crippen molar-refractivity contribution in [2.75, 3.05) is 18.4 Å². The number of amides is 1. The largest absolute Gasteiger partial charge is 0.480 e. The number of likely N-dealkylation sites (tertiary alicyclic amines) is 1. The molecule has 1 aliphatic heterocycles. The summed E-state index contributed by atoms with van der Waals surface area (Å²) >= 11 is 0. The van der Waals surface area contributed by atoms with Gasteiger partial charge in [0.15, 0.2) is 0 Å². The highest BCUT2D eigenvalue weighted by atomic mass is 32.2. The second-order valence-corrected chi connectivity index (χ2v) is 7.45. The molecule has 9 heteroatoms. The molecule has 2 rings (SSSR count). The van der Waals surface area contributed by atoms with Crippen molar-refractivity contribution >= 4 is 27.6 Å². The predicted molar refractivity (Wildman–Crippen MR) is 88.0 cm³/mol. The van der Waals surface area contributed by atoms with Crippen LogP contribution in [-0.4, -0.2) is 49.4 Å². The fraction of sp³-hybridized carbons (Fsp3) is 0.467. The molecule has 1 aromatic rings. The Bertz CT molecular complexity index is 747. The molecule has 0 radical (unpaired) electrons. The van der Waals surface area contributed by atoms with Gasteiger partial charge in [-0.15, -0.1) is 0 Å². The van der Waals surface area contributed by atoms with Crippen LogP contribution in [-0.2, 0) is 19.6 Å². The van der Waals surface area contributed by atoms with Crippen LogP contribution in [0.3, 0.4) is 0 Å². The molecule has 1 amide bonds. The van der Waals surface area contributed by atoms with E-state index in [2.05, 4.69) is 5.32 Å². The number of rotatable bonds is 5. The van der Waals surface area contributed by atoms with Crippen LogP contribution in [0.15, 0.2) is 23.1 Å². The molecule has 1 heterocycles. The summed E-state index contributed by atoms with van der Waals surface area (Å²) in [5.41, 5.74) is 1.03. The van der Waals surface area contributed by atoms with E-state index in [-0.39, 0.29) is 11.4 Å². The summed E-state index contributed by atoms with van der Waals surface area (Å²) in [5.74, 6) is -1.33. The van der Waals surface area contributed by atoms with Gasteiger partial charge in [-0.05, 0) is 44.0 Å². The quantitative estimate of drug-likeness (QED) is 0.706. The molecule has 8 nitrogen and oxygen atoms in total. The highest BCUT2D eigenvalue weighted by Gasteiger charge is 2.29. The number of nitrogens with zero attached hydrogens (tertiary/aromatic N) is 1. The Kier molecular flexibility index (Phi) is 5.58. The fourth-order valence-corrected chi connectivity index (χ4v) is 3.29. The average molecular weight is 355 g/mol. The molecule has 0 aliphatic carbocycles. The number of sulfonamides is 1. The number of nitrogens with two attached hydrogens (primary N) is 1. The zero-order valence-corrected chi connectivity index (χ0v) is 14.2. The zero-order valence-electron chi connectivity index (χ0n) is 13.4. The number of benzene rings is 1. The standard InChI is InChI=1S/C15H21N3O5S/c1-10-5-6-11(24(16,22)23)8-12(10)17-14(19)9-18-7-3-2-4-13(18)15(20)21/h5-6,8,13H,2-4,7,9H2,1H3,(H,17,19)(H,20,21)(H2,16,22,23). The molecule has 1 aliphatic rings. The molecule has 1 atom stereocenters. The van der Waals surface area contributed by atoms with E-state index in [9.17, 15) is 23.1 Å². The number of aryl methyl sites for hydroxylation is 1. The number of carbonyl (C=O) groups is 2. The number of primary sulfonamides is 1. The Morgan fingerprint density at radius 3 is 2.71 bits per heavy atom. The SMILES string of the molecule is Cc1ccc(S(N)(=O)=O)cc1NC(=O)CN1CCCCC1C(=O)O. The van der Waals surface area contributed by atoms with Gasteiger partial charge in [0.25, 0.3) is 0 Å². The van der Waals surface area contributed by atoms with Crippen molar-refractivity contribution < 1.29 is 23.1 Å². The molecule has 1 fully saturated rings. The number of nitrogens with one attached hydrogen (secondary N) is 1. The molecular formula is C15H21N3O5S. The third kappa shape index (κ3) is 4.53. The number of anilines is 1. The molecule has 24 heavy (non-hydrogen) atoms. The minimum absolute atomic E-state index is 0.0595. The predicted octanol–water partition coefficient (Wildman–Crippen LogP) is 0.520. The third-order valence-corrected chi connectivity index (χ3v) is 4.97. The van der Waals surface area contributed by atoms with Gasteiger partial charge in [0.05, 0.1) is 11.4 Å². The number of hydrogen-bond donors (Lipinski definition) is 3. The minimum Gasteiger partial charge on any atom is -0.480 e. The molecule has 4 N–H and O–H groups in total. The van der Waals surface area contributed by atoms with E-state index in [1.165, 1.54) is 12.1 Å². The number of carbonyl (C=O) groups excluding carboxylic acids is 1. The van der Waals surface area contributed by atoms with E-state index >= 15 is 0 Å². The van der Waals surface area contributed by atoms with Gasteiger partial charge >= 0.3 is 5.97 Å². The van der Waals surface area contributed by atoms with Crippen LogP contribution in [0, 0.1) is 6.92 Å². The van der Waals surface area contributed by atoms with Crippen molar-refractivity contribution in [3.8, 4) is 0 Å². The van der Waals surface area contributed by atoms with E-state index in [0.717, 1.165) is 12.8 Å². The molecule has 1 unspecified atom stereocenters. The molecule has 1 aromatic carbocycles. The lowest BCUT2D eigenvalue weighted by atomic mass is 10.0. The number of carboxylic acid groups (broad SMARTS) is 1. The lowest BCUT2D eigenvalue weighted by molar-refractivity contribution is -0.145. The van der Waals surface area contributed by atoms with Gasteiger partial charge < -0.3 is 10.4 Å². The van der Waals surface area contributed by atoms with Crippen LogP contribution in [0.5, 0.6) is 0 Å². The number of carboxylic acids is 1. The summed E-state index contributed by atoms with van der Waals surface area (Å²) in [6, 6.07) is 3.55. The lowest BCUT2D eigenvalue weighted by Gasteiger charge is -2.32. The summed E-state index contributed by atoms with van der Waals surface area (Å²) in [6.45, 7) is 2.21. The Morgan fingerprint density at radius 2 is 2.08 bits per heavy atom. The van der Waals surface area contributed by atoms with Gasteiger partial charge in [0.1, 0.15) is 6.04 Å². The van der Waals surface area contributed by atoms with Gasteiger partial charge in [-0.3, -0.25) is 14.5 Å². The van der Waals surface area contributed by atoms with Gasteiger partial charge in [-0.2, -0.15) is 0 Å². The molecule has 0 bridgehead atoms. The number of hydrogen-bond acceptors (Lipinski definition) is 5. The molecule has 0 aromatic heterocycles. The van der Waals surface area contributed by atoms with Crippen molar-refractivity contribution in [3.05, 3.63) is 23.8 Å². The van der Waals surface area contributed by atoms with Crippen LogP contribution in [0.1, 0.15) is 24.8 Å². The summed E-state index contributed by atoms with van der Waals surface area (Å²) in [4.78, 5) is 25.0. The van der Waals surface area contributed by atoms with Gasteiger partial charge in [0, 0.05) is 5.69 Å². The highest BCUT2D eigenvalue weighted by Crippen LogP contribution is 2.20. The van der Waals surface area contributed by atoms with Crippen molar-refractivity contribution in [1.29, 1.82) is 0 Å². The molecule has 0 spiro atoms. The van der Waals surface area contributed by atoms with Crippen LogP contribution in [0.25, 0.3) is 0 Å². The van der Waals surface area contributed by atoms with Crippen molar-refractivity contribution in [2.24, 2.45) is 5.14 Å². The molecule has 132 valence electrons. The Balaban J connectivity index is 2.10. The van der Waals surface area contributed by atoms with Gasteiger partial charge in [-0.25, -0.2) is 13.6 Å². The maximum absolute atomic E-state index is 12.2. The Morgan fingerprint density at radius 1 is 1.38 bits per heavy atom. The maximum Gasteiger partial charge on any atom is 0.320 e. The smallest absolute Gasteiger partial charge is 0.320 e. The van der Waals surface area contributed by atoms with E-state index in [1.807, 2.05) is 0 Å². The van der Waals surface area contributed by atoms with E-state index in [4.69, 9.17) is 5.14 Å². The first-order chi connectivity index (χ1) is 11.2. The maximum atomic E-state index is 12.2. The van der Waals surface area contributed by atoms with Gasteiger partial charge in [-0.1, -0.05) is 12.5 Å². The Labute approximate surface area is 140 Å². The van der Waals surface area contributed by atoms with Crippen LogP contribution in [0.4, 0.5) is 5.69 Å². The molecular weight excluding hydrogens is 334 g/mol. The monoisotopic (exact) mass is 355 g/mol. The van der Waals surface area contributed by atoms with Gasteiger partial charge in [0.2, 0.25) is 15.9 Å². The molecule has 0 saturated carbocycles.